The van der Waals surface area contributed by atoms with E-state index in [1.54, 1.807) is 0 Å². The van der Waals surface area contributed by atoms with Gasteiger partial charge in [-0.05, 0) is 11.1 Å². The van der Waals surface area contributed by atoms with Gasteiger partial charge in [0.25, 0.3) is 0 Å². The Bertz CT molecular complexity index is 903. The number of benzene rings is 1. The van der Waals surface area contributed by atoms with Gasteiger partial charge in [0.15, 0.2) is 0 Å². The largest absolute Gasteiger partial charge is 0.460 e. The number of hydrogen-bond donors (Lipinski definition) is 0. The maximum Gasteiger partial charge on any atom is 0.460 e. The predicted octanol–water partition coefficient (Wildman–Crippen LogP) is 8.94. The second kappa shape index (κ2) is 6.84. The maximum atomic E-state index is 13.9. The molecule has 0 bridgehead atoms. The zero-order chi connectivity index (χ0) is 26.8. The Morgan fingerprint density at radius 2 is 0.970 bits per heavy atom. The molecule has 0 unspecified atom stereocenters. The van der Waals surface area contributed by atoms with Crippen LogP contribution < -0.4 is 0 Å². The van der Waals surface area contributed by atoms with Crippen molar-refractivity contribution in [1.29, 1.82) is 0 Å². The molecule has 1 rings (SSSR count). The predicted molar refractivity (Wildman–Crippen MR) is 83.0 cm³/mol. The zero-order valence-corrected chi connectivity index (χ0v) is 16.0. The summed E-state index contributed by atoms with van der Waals surface area (Å²) in [7, 11) is -12.0. The summed E-state index contributed by atoms with van der Waals surface area (Å²) in [6.07, 6.45) is -6.86. The lowest BCUT2D eigenvalue weighted by atomic mass is 9.98. The molecule has 0 saturated carbocycles. The highest BCUT2D eigenvalue weighted by Gasteiger charge is 2.99. The van der Waals surface area contributed by atoms with Crippen molar-refractivity contribution in [3.8, 4) is 0 Å². The van der Waals surface area contributed by atoms with Crippen molar-refractivity contribution in [3.63, 3.8) is 0 Å². The topological polar surface area (TPSA) is 0 Å². The van der Waals surface area contributed by atoms with E-state index in [1.165, 1.54) is 0 Å². The third-order valence-electron chi connectivity index (χ3n) is 4.15. The minimum atomic E-state index is -12.0. The molecule has 0 aliphatic heterocycles. The van der Waals surface area contributed by atoms with Crippen LogP contribution in [0.5, 0.6) is 0 Å². The van der Waals surface area contributed by atoms with E-state index in [4.69, 9.17) is 0 Å². The fraction of sp³-hybridized carbons (Fsp3) is 0.467. The number of halogens is 17. The standard InChI is InChI=1S/C15H9F17S/c1-2-8-3-5-9(6-4-8)7-33(29,30,31,32)15(27,28)13(22,23)11(18,19)10(16,17)12(20,21)14(24,25)26/h2-6H,1,7H2. The molecule has 0 saturated heterocycles. The van der Waals surface area contributed by atoms with Crippen molar-refractivity contribution < 1.29 is 72.6 Å². The molecule has 18 heteroatoms. The molecule has 0 fully saturated rings. The summed E-state index contributed by atoms with van der Waals surface area (Å²) in [5, 5.41) is -8.83. The van der Waals surface area contributed by atoms with Gasteiger partial charge in [0.2, 0.25) is 9.84 Å². The lowest BCUT2D eigenvalue weighted by Gasteiger charge is -2.56. The molecule has 0 aliphatic rings. The van der Waals surface area contributed by atoms with Gasteiger partial charge in [-0.1, -0.05) is 36.9 Å². The summed E-state index contributed by atoms with van der Waals surface area (Å²) in [4.78, 5) is 0. The van der Waals surface area contributed by atoms with Crippen molar-refractivity contribution in [2.24, 2.45) is 0 Å². The van der Waals surface area contributed by atoms with Crippen molar-refractivity contribution in [3.05, 3.63) is 42.0 Å². The van der Waals surface area contributed by atoms with E-state index in [2.05, 4.69) is 6.58 Å². The molecular weight excluding hydrogens is 535 g/mol. The third-order valence-corrected chi connectivity index (χ3v) is 6.45. The Kier molecular flexibility index (Phi) is 6.04. The van der Waals surface area contributed by atoms with Crippen LogP contribution in [0.1, 0.15) is 11.1 Å². The van der Waals surface area contributed by atoms with E-state index in [9.17, 15) is 72.6 Å². The van der Waals surface area contributed by atoms with Gasteiger partial charge in [0, 0.05) is 0 Å². The summed E-state index contributed by atoms with van der Waals surface area (Å²) < 4.78 is 225. The van der Waals surface area contributed by atoms with Crippen molar-refractivity contribution in [2.45, 2.75) is 40.9 Å². The zero-order valence-electron chi connectivity index (χ0n) is 15.1. The van der Waals surface area contributed by atoms with E-state index >= 15 is 0 Å². The molecule has 0 radical (unpaired) electrons. The highest BCUT2D eigenvalue weighted by atomic mass is 32.5. The highest BCUT2D eigenvalue weighted by Crippen LogP contribution is 3.05. The number of hydrogen-bond acceptors (Lipinski definition) is 0. The monoisotopic (exact) mass is 544 g/mol. The molecule has 0 aliphatic carbocycles. The summed E-state index contributed by atoms with van der Waals surface area (Å²) >= 11 is 0. The van der Waals surface area contributed by atoms with Crippen LogP contribution in [-0.2, 0) is 5.75 Å². The SMILES string of the molecule is C=Cc1ccc(CS(F)(F)(F)(F)C(F)(F)C(F)(F)C(F)(F)C(F)(F)C(F)(F)C(F)(F)F)cc1. The van der Waals surface area contributed by atoms with Gasteiger partial charge in [-0.25, -0.2) is 0 Å². The first-order valence-corrected chi connectivity index (χ1v) is 9.91. The van der Waals surface area contributed by atoms with Crippen LogP contribution in [0, 0.1) is 0 Å². The van der Waals surface area contributed by atoms with E-state index in [1.807, 2.05) is 0 Å². The van der Waals surface area contributed by atoms with Crippen molar-refractivity contribution in [1.82, 2.24) is 0 Å². The van der Waals surface area contributed by atoms with Crippen LogP contribution in [0.4, 0.5) is 72.6 Å². The number of alkyl halides is 13. The van der Waals surface area contributed by atoms with E-state index in [-0.39, 0.29) is 17.7 Å². The fourth-order valence-electron chi connectivity index (χ4n) is 2.22. The second-order valence-electron chi connectivity index (χ2n) is 6.64. The number of rotatable bonds is 8. The first-order valence-electron chi connectivity index (χ1n) is 7.69. The normalized spacial score (nSPS) is 17.4. The molecule has 33 heavy (non-hydrogen) atoms. The minimum Gasteiger partial charge on any atom is -0.192 e. The van der Waals surface area contributed by atoms with Gasteiger partial charge in [0.05, 0.1) is 5.75 Å². The van der Waals surface area contributed by atoms with Gasteiger partial charge in [0.1, 0.15) is 0 Å². The Labute approximate surface area is 172 Å². The second-order valence-corrected chi connectivity index (χ2v) is 9.92. The Morgan fingerprint density at radius 3 is 1.30 bits per heavy atom. The minimum absolute atomic E-state index is 0.0419. The molecule has 0 spiro atoms. The molecule has 194 valence electrons. The van der Waals surface area contributed by atoms with Gasteiger partial charge in [-0.15, -0.1) is 15.5 Å². The quantitative estimate of drug-likeness (QED) is 0.287. The van der Waals surface area contributed by atoms with Crippen LogP contribution in [0.2, 0.25) is 0 Å². The molecule has 1 aromatic carbocycles. The van der Waals surface area contributed by atoms with Gasteiger partial charge >= 0.3 is 35.1 Å². The summed E-state index contributed by atoms with van der Waals surface area (Å²) in [5.41, 5.74) is -1.68. The summed E-state index contributed by atoms with van der Waals surface area (Å²) in [5.74, 6) is -38.2. The smallest absolute Gasteiger partial charge is 0.192 e. The third kappa shape index (κ3) is 4.00. The van der Waals surface area contributed by atoms with Crippen LogP contribution in [-0.4, -0.2) is 35.1 Å². The van der Waals surface area contributed by atoms with Gasteiger partial charge in [-0.3, -0.25) is 0 Å². The Morgan fingerprint density at radius 1 is 0.606 bits per heavy atom. The molecule has 0 aromatic heterocycles. The molecule has 0 nitrogen and oxygen atoms in total. The first kappa shape index (κ1) is 29.2. The van der Waals surface area contributed by atoms with Gasteiger partial charge < -0.3 is 0 Å². The molecule has 0 N–H and O–H groups in total. The lowest BCUT2D eigenvalue weighted by Crippen LogP contribution is -2.71. The van der Waals surface area contributed by atoms with Crippen LogP contribution >= 0.6 is 9.84 Å². The van der Waals surface area contributed by atoms with Crippen LogP contribution in [0.3, 0.4) is 0 Å². The van der Waals surface area contributed by atoms with E-state index in [0.29, 0.717) is 12.1 Å². The summed E-state index contributed by atoms with van der Waals surface area (Å²) in [6.45, 7) is 3.12. The van der Waals surface area contributed by atoms with Crippen molar-refractivity contribution in [2.75, 3.05) is 0 Å². The van der Waals surface area contributed by atoms with Crippen molar-refractivity contribution >= 4 is 15.9 Å². The molecular formula is C15H9F17S. The first-order chi connectivity index (χ1) is 14.0. The van der Waals surface area contributed by atoms with Crippen LogP contribution in [0.15, 0.2) is 30.8 Å². The fourth-order valence-corrected chi connectivity index (χ4v) is 3.96. The molecule has 0 atom stereocenters. The molecule has 0 amide bonds. The maximum absolute atomic E-state index is 13.9. The lowest BCUT2D eigenvalue weighted by molar-refractivity contribution is -0.434. The van der Waals surface area contributed by atoms with Gasteiger partial charge in [-0.2, -0.15) is 57.1 Å². The average Bonchev–Trinajstić information content (AvgIpc) is 2.59. The van der Waals surface area contributed by atoms with Crippen LogP contribution in [0.25, 0.3) is 6.08 Å². The Balaban J connectivity index is 3.74. The van der Waals surface area contributed by atoms with E-state index < -0.39 is 56.3 Å². The highest BCUT2D eigenvalue weighted by molar-refractivity contribution is 8.49. The molecule has 0 heterocycles. The Hall–Kier alpha value is -1.88. The van der Waals surface area contributed by atoms with E-state index in [0.717, 1.165) is 6.08 Å². The average molecular weight is 544 g/mol. The molecule has 1 aromatic rings. The summed E-state index contributed by atoms with van der Waals surface area (Å²) in [6, 6.07) is 1.60.